The molecule has 1 aromatic rings. The first-order valence-electron chi connectivity index (χ1n) is 8.27. The van der Waals surface area contributed by atoms with Crippen LogP contribution in [0.4, 0.5) is 5.69 Å². The van der Waals surface area contributed by atoms with Crippen LogP contribution >= 0.6 is 24.2 Å². The minimum Gasteiger partial charge on any atom is -0.367 e. The summed E-state index contributed by atoms with van der Waals surface area (Å²) in [6, 6.07) is 9.20. The van der Waals surface area contributed by atoms with Gasteiger partial charge in [-0.3, -0.25) is 4.79 Å². The van der Waals surface area contributed by atoms with Gasteiger partial charge in [-0.05, 0) is 30.9 Å². The van der Waals surface area contributed by atoms with Gasteiger partial charge in [-0.25, -0.2) is 0 Å². The van der Waals surface area contributed by atoms with Gasteiger partial charge in [0.15, 0.2) is 0 Å². The number of nitrogens with zero attached hydrogens (tertiary/aromatic N) is 2. The van der Waals surface area contributed by atoms with E-state index in [0.29, 0.717) is 11.9 Å². The van der Waals surface area contributed by atoms with E-state index in [2.05, 4.69) is 34.5 Å². The molecule has 0 aliphatic carbocycles. The number of fused-ring (bicyclic) bond motifs is 1. The lowest BCUT2D eigenvalue weighted by Crippen LogP contribution is -2.42. The average Bonchev–Trinajstić information content (AvgIpc) is 3.25. The summed E-state index contributed by atoms with van der Waals surface area (Å²) in [6.45, 7) is 2.95. The van der Waals surface area contributed by atoms with Gasteiger partial charge in [0.05, 0.1) is 11.9 Å². The summed E-state index contributed by atoms with van der Waals surface area (Å²) in [7, 11) is 0. The van der Waals surface area contributed by atoms with Crippen LogP contribution < -0.4 is 10.2 Å². The monoisotopic (exact) mass is 353 g/mol. The Kier molecular flexibility index (Phi) is 5.39. The summed E-state index contributed by atoms with van der Waals surface area (Å²) in [5.74, 6) is 2.26. The van der Waals surface area contributed by atoms with Gasteiger partial charge in [0.1, 0.15) is 0 Å². The Morgan fingerprint density at radius 2 is 2.13 bits per heavy atom. The zero-order valence-corrected chi connectivity index (χ0v) is 14.9. The van der Waals surface area contributed by atoms with E-state index in [4.69, 9.17) is 0 Å². The normalized spacial score (nSPS) is 26.8. The molecule has 0 bridgehead atoms. The smallest absolute Gasteiger partial charge is 0.240 e. The molecule has 0 aromatic heterocycles. The highest BCUT2D eigenvalue weighted by molar-refractivity contribution is 7.99. The molecule has 3 aliphatic rings. The van der Waals surface area contributed by atoms with Crippen molar-refractivity contribution < 1.29 is 4.79 Å². The number of carbonyl (C=O) groups is 1. The lowest BCUT2D eigenvalue weighted by Gasteiger charge is -2.36. The van der Waals surface area contributed by atoms with Crippen molar-refractivity contribution in [1.82, 2.24) is 10.2 Å². The average molecular weight is 354 g/mol. The molecule has 3 aliphatic heterocycles. The quantitative estimate of drug-likeness (QED) is 0.883. The van der Waals surface area contributed by atoms with E-state index in [-0.39, 0.29) is 18.4 Å². The van der Waals surface area contributed by atoms with E-state index in [0.717, 1.165) is 37.7 Å². The predicted octanol–water partition coefficient (Wildman–Crippen LogP) is 2.12. The molecular formula is C17H24ClN3OS. The number of hydrogen-bond acceptors (Lipinski definition) is 4. The van der Waals surface area contributed by atoms with Crippen LogP contribution in [0.25, 0.3) is 0 Å². The second-order valence-electron chi connectivity index (χ2n) is 6.42. The maximum Gasteiger partial charge on any atom is 0.240 e. The van der Waals surface area contributed by atoms with Crippen LogP contribution in [-0.2, 0) is 11.2 Å². The van der Waals surface area contributed by atoms with Crippen molar-refractivity contribution >= 4 is 35.8 Å². The third kappa shape index (κ3) is 3.32. The van der Waals surface area contributed by atoms with Crippen LogP contribution in [0.3, 0.4) is 0 Å². The van der Waals surface area contributed by atoms with Gasteiger partial charge in [-0.1, -0.05) is 18.2 Å². The number of hydrogen-bond donors (Lipinski definition) is 1. The predicted molar refractivity (Wildman–Crippen MR) is 98.6 cm³/mol. The summed E-state index contributed by atoms with van der Waals surface area (Å²) in [5, 5.41) is 3.47. The Hall–Kier alpha value is -0.910. The molecule has 0 spiro atoms. The Balaban J connectivity index is 0.00000156. The minimum atomic E-state index is 0. The summed E-state index contributed by atoms with van der Waals surface area (Å²) in [6.07, 6.45) is 3.34. The van der Waals surface area contributed by atoms with E-state index in [1.807, 2.05) is 16.7 Å². The van der Waals surface area contributed by atoms with Crippen molar-refractivity contribution in [2.45, 2.75) is 31.3 Å². The van der Waals surface area contributed by atoms with Crippen LogP contribution in [0.2, 0.25) is 0 Å². The molecule has 0 radical (unpaired) electrons. The molecule has 0 saturated carbocycles. The summed E-state index contributed by atoms with van der Waals surface area (Å²) in [4.78, 5) is 17.1. The third-order valence-electron chi connectivity index (χ3n) is 5.06. The van der Waals surface area contributed by atoms with Crippen molar-refractivity contribution in [3.05, 3.63) is 29.8 Å². The number of carbonyl (C=O) groups excluding carboxylic acids is 1. The molecule has 2 atom stereocenters. The number of rotatable bonds is 2. The van der Waals surface area contributed by atoms with E-state index in [9.17, 15) is 4.79 Å². The largest absolute Gasteiger partial charge is 0.367 e. The Labute approximate surface area is 148 Å². The standard InChI is InChI=1S/C17H23N3OS.ClH/c21-17(19-8-9-22-12-19)15-10-14(11-18-15)20-7-3-5-13-4-1-2-6-16(13)20;/h1-2,4,6,14-15,18H,3,5,7-12H2;1H/t14-,15-;/m0./s1. The van der Waals surface area contributed by atoms with Crippen LogP contribution in [0.1, 0.15) is 18.4 Å². The molecule has 6 heteroatoms. The van der Waals surface area contributed by atoms with Gasteiger partial charge < -0.3 is 15.1 Å². The molecule has 4 rings (SSSR count). The van der Waals surface area contributed by atoms with E-state index in [1.54, 1.807) is 0 Å². The number of amides is 1. The van der Waals surface area contributed by atoms with Gasteiger partial charge in [0.2, 0.25) is 5.91 Å². The molecule has 1 amide bonds. The SMILES string of the molecule is Cl.O=C([C@@H]1C[C@H](N2CCCc3ccccc32)CN1)N1CCSC1. The maximum atomic E-state index is 12.6. The summed E-state index contributed by atoms with van der Waals surface area (Å²) < 4.78 is 0. The number of nitrogens with one attached hydrogen (secondary N) is 1. The fraction of sp³-hybridized carbons (Fsp3) is 0.588. The lowest BCUT2D eigenvalue weighted by atomic mass is 9.99. The molecule has 3 heterocycles. The van der Waals surface area contributed by atoms with Crippen LogP contribution in [0.5, 0.6) is 0 Å². The van der Waals surface area contributed by atoms with Gasteiger partial charge in [-0.15, -0.1) is 24.2 Å². The number of aryl methyl sites for hydroxylation is 1. The van der Waals surface area contributed by atoms with Crippen molar-refractivity contribution in [2.24, 2.45) is 0 Å². The maximum absolute atomic E-state index is 12.6. The van der Waals surface area contributed by atoms with Crippen LogP contribution in [-0.4, -0.2) is 54.2 Å². The Morgan fingerprint density at radius 1 is 1.26 bits per heavy atom. The number of para-hydroxylation sites is 1. The summed E-state index contributed by atoms with van der Waals surface area (Å²) >= 11 is 1.86. The van der Waals surface area contributed by atoms with Crippen LogP contribution in [0, 0.1) is 0 Å². The number of benzene rings is 1. The van der Waals surface area contributed by atoms with E-state index < -0.39 is 0 Å². The highest BCUT2D eigenvalue weighted by Crippen LogP contribution is 2.31. The number of halogens is 1. The van der Waals surface area contributed by atoms with Crippen molar-refractivity contribution in [3.8, 4) is 0 Å². The van der Waals surface area contributed by atoms with Gasteiger partial charge in [0.25, 0.3) is 0 Å². The Morgan fingerprint density at radius 3 is 2.96 bits per heavy atom. The van der Waals surface area contributed by atoms with Crippen molar-refractivity contribution in [3.63, 3.8) is 0 Å². The lowest BCUT2D eigenvalue weighted by molar-refractivity contribution is -0.131. The molecular weight excluding hydrogens is 330 g/mol. The molecule has 126 valence electrons. The fourth-order valence-electron chi connectivity index (χ4n) is 3.89. The molecule has 23 heavy (non-hydrogen) atoms. The van der Waals surface area contributed by atoms with Gasteiger partial charge >= 0.3 is 0 Å². The molecule has 2 fully saturated rings. The van der Waals surface area contributed by atoms with Crippen molar-refractivity contribution in [1.29, 1.82) is 0 Å². The van der Waals surface area contributed by atoms with Crippen LogP contribution in [0.15, 0.2) is 24.3 Å². The zero-order chi connectivity index (χ0) is 14.9. The first-order chi connectivity index (χ1) is 10.8. The third-order valence-corrected chi connectivity index (χ3v) is 6.02. The van der Waals surface area contributed by atoms with E-state index in [1.165, 1.54) is 24.1 Å². The first kappa shape index (κ1) is 16.9. The fourth-order valence-corrected chi connectivity index (χ4v) is 4.85. The van der Waals surface area contributed by atoms with Gasteiger partial charge in [-0.2, -0.15) is 0 Å². The second kappa shape index (κ2) is 7.32. The molecule has 4 nitrogen and oxygen atoms in total. The summed E-state index contributed by atoms with van der Waals surface area (Å²) in [5.41, 5.74) is 2.84. The molecule has 2 saturated heterocycles. The second-order valence-corrected chi connectivity index (χ2v) is 7.49. The minimum absolute atomic E-state index is 0. The zero-order valence-electron chi connectivity index (χ0n) is 13.2. The number of anilines is 1. The van der Waals surface area contributed by atoms with E-state index >= 15 is 0 Å². The topological polar surface area (TPSA) is 35.6 Å². The highest BCUT2D eigenvalue weighted by Gasteiger charge is 2.36. The number of thioether (sulfide) groups is 1. The molecule has 1 N–H and O–H groups in total. The highest BCUT2D eigenvalue weighted by atomic mass is 35.5. The Bertz CT molecular complexity index is 565. The van der Waals surface area contributed by atoms with Crippen molar-refractivity contribution in [2.75, 3.05) is 36.2 Å². The molecule has 1 aromatic carbocycles. The van der Waals surface area contributed by atoms with Gasteiger partial charge in [0, 0.05) is 37.1 Å². The first-order valence-corrected chi connectivity index (χ1v) is 9.43. The molecule has 0 unspecified atom stereocenters.